The minimum atomic E-state index is 0.0737. The van der Waals surface area contributed by atoms with Crippen molar-refractivity contribution in [3.63, 3.8) is 0 Å². The molecule has 5 heteroatoms. The average Bonchev–Trinajstić information content (AvgIpc) is 3.02. The fraction of sp³-hybridized carbons (Fsp3) is 0.533. The van der Waals surface area contributed by atoms with E-state index in [0.717, 1.165) is 24.7 Å². The summed E-state index contributed by atoms with van der Waals surface area (Å²) >= 11 is 3.55. The van der Waals surface area contributed by atoms with Crippen molar-refractivity contribution in [1.29, 1.82) is 0 Å². The van der Waals surface area contributed by atoms with Crippen molar-refractivity contribution in [2.24, 2.45) is 0 Å². The molecule has 2 aromatic heterocycles. The van der Waals surface area contributed by atoms with E-state index in [2.05, 4.69) is 43.6 Å². The zero-order valence-electron chi connectivity index (χ0n) is 12.5. The van der Waals surface area contributed by atoms with Crippen molar-refractivity contribution in [3.8, 4) is 9.88 Å². The van der Waals surface area contributed by atoms with Gasteiger partial charge in [0, 0.05) is 30.5 Å². The third-order valence-electron chi connectivity index (χ3n) is 2.91. The monoisotopic (exact) mass is 310 g/mol. The lowest BCUT2D eigenvalue weighted by Gasteiger charge is -2.17. The van der Waals surface area contributed by atoms with Crippen molar-refractivity contribution >= 4 is 22.7 Å². The van der Waals surface area contributed by atoms with Crippen LogP contribution in [0.5, 0.6) is 0 Å². The van der Waals surface area contributed by atoms with E-state index in [-0.39, 0.29) is 5.41 Å². The van der Waals surface area contributed by atoms with Gasteiger partial charge >= 0.3 is 0 Å². The molecule has 20 heavy (non-hydrogen) atoms. The Morgan fingerprint density at radius 2 is 2.15 bits per heavy atom. The van der Waals surface area contributed by atoms with Crippen LogP contribution in [0.4, 0.5) is 0 Å². The zero-order chi connectivity index (χ0) is 14.6. The second-order valence-corrected chi connectivity index (χ2v) is 7.72. The molecule has 0 amide bonds. The lowest BCUT2D eigenvalue weighted by atomic mass is 9.91. The number of aromatic nitrogens is 1. The van der Waals surface area contributed by atoms with Crippen LogP contribution in [0.25, 0.3) is 9.88 Å². The van der Waals surface area contributed by atoms with Gasteiger partial charge in [-0.25, -0.2) is 4.98 Å². The van der Waals surface area contributed by atoms with Crippen LogP contribution >= 0.6 is 22.7 Å². The minimum absolute atomic E-state index is 0.0737. The van der Waals surface area contributed by atoms with Crippen LogP contribution in [0.3, 0.4) is 0 Å². The number of nitrogens with one attached hydrogen (secondary N) is 1. The van der Waals surface area contributed by atoms with Gasteiger partial charge in [0.2, 0.25) is 0 Å². The van der Waals surface area contributed by atoms with E-state index >= 15 is 0 Å². The Labute approximate surface area is 129 Å². The summed E-state index contributed by atoms with van der Waals surface area (Å²) in [6.45, 7) is 9.13. The molecule has 2 aromatic rings. The smallest absolute Gasteiger partial charge is 0.133 e. The first-order chi connectivity index (χ1) is 9.52. The normalized spacial score (nSPS) is 12.0. The first-order valence-electron chi connectivity index (χ1n) is 6.76. The standard InChI is InChI=1S/C15H22N2OS2/c1-15(2,3)13-12(10-16-7-8-18-4)20-14(17-13)11-6-5-9-19-11/h5-6,9,16H,7-8,10H2,1-4H3. The van der Waals surface area contributed by atoms with Gasteiger partial charge in [-0.15, -0.1) is 22.7 Å². The van der Waals surface area contributed by atoms with Gasteiger partial charge in [0.25, 0.3) is 0 Å². The fourth-order valence-corrected chi connectivity index (χ4v) is 3.98. The summed E-state index contributed by atoms with van der Waals surface area (Å²) in [4.78, 5) is 7.46. The van der Waals surface area contributed by atoms with Crippen molar-refractivity contribution in [3.05, 3.63) is 28.1 Å². The molecule has 0 saturated carbocycles. The largest absolute Gasteiger partial charge is 0.383 e. The quantitative estimate of drug-likeness (QED) is 0.822. The van der Waals surface area contributed by atoms with Crippen LogP contribution in [0.15, 0.2) is 17.5 Å². The van der Waals surface area contributed by atoms with Gasteiger partial charge in [-0.1, -0.05) is 26.8 Å². The highest BCUT2D eigenvalue weighted by Crippen LogP contribution is 2.36. The maximum Gasteiger partial charge on any atom is 0.133 e. The lowest BCUT2D eigenvalue weighted by Crippen LogP contribution is -2.21. The summed E-state index contributed by atoms with van der Waals surface area (Å²) in [5, 5.41) is 6.66. The first-order valence-corrected chi connectivity index (χ1v) is 8.45. The molecular formula is C15H22N2OS2. The maximum absolute atomic E-state index is 5.07. The number of ether oxygens (including phenoxy) is 1. The Kier molecular flexibility index (Phi) is 5.32. The molecule has 2 heterocycles. The van der Waals surface area contributed by atoms with Crippen molar-refractivity contribution < 1.29 is 4.74 Å². The third-order valence-corrected chi connectivity index (χ3v) is 5.00. The van der Waals surface area contributed by atoms with Gasteiger partial charge in [0.1, 0.15) is 5.01 Å². The SMILES string of the molecule is COCCNCc1sc(-c2cccs2)nc1C(C)(C)C. The lowest BCUT2D eigenvalue weighted by molar-refractivity contribution is 0.199. The molecule has 0 unspecified atom stereocenters. The maximum atomic E-state index is 5.07. The Morgan fingerprint density at radius 3 is 2.75 bits per heavy atom. The van der Waals surface area contributed by atoms with Crippen molar-refractivity contribution in [1.82, 2.24) is 10.3 Å². The van der Waals surface area contributed by atoms with Crippen LogP contribution in [0.2, 0.25) is 0 Å². The van der Waals surface area contributed by atoms with Gasteiger partial charge in [-0.3, -0.25) is 0 Å². The van der Waals surface area contributed by atoms with Crippen LogP contribution in [-0.2, 0) is 16.7 Å². The second kappa shape index (κ2) is 6.80. The molecule has 0 radical (unpaired) electrons. The van der Waals surface area contributed by atoms with Crippen LogP contribution in [0.1, 0.15) is 31.3 Å². The number of nitrogens with zero attached hydrogens (tertiary/aromatic N) is 1. The summed E-state index contributed by atoms with van der Waals surface area (Å²) in [7, 11) is 1.73. The third kappa shape index (κ3) is 3.88. The number of hydrogen-bond acceptors (Lipinski definition) is 5. The summed E-state index contributed by atoms with van der Waals surface area (Å²) < 4.78 is 5.07. The van der Waals surface area contributed by atoms with E-state index in [4.69, 9.17) is 9.72 Å². The number of hydrogen-bond donors (Lipinski definition) is 1. The van der Waals surface area contributed by atoms with Crippen LogP contribution in [-0.4, -0.2) is 25.2 Å². The highest BCUT2D eigenvalue weighted by Gasteiger charge is 2.23. The predicted molar refractivity (Wildman–Crippen MR) is 87.7 cm³/mol. The van der Waals surface area contributed by atoms with Gasteiger partial charge in [0.15, 0.2) is 0 Å². The van der Waals surface area contributed by atoms with Gasteiger partial charge < -0.3 is 10.1 Å². The molecule has 0 fully saturated rings. The van der Waals surface area contributed by atoms with E-state index < -0.39 is 0 Å². The van der Waals surface area contributed by atoms with Crippen LogP contribution in [0, 0.1) is 0 Å². The Balaban J connectivity index is 2.20. The molecule has 1 N–H and O–H groups in total. The van der Waals surface area contributed by atoms with E-state index in [0.29, 0.717) is 0 Å². The topological polar surface area (TPSA) is 34.1 Å². The summed E-state index contributed by atoms with van der Waals surface area (Å²) in [5.41, 5.74) is 1.28. The highest BCUT2D eigenvalue weighted by atomic mass is 32.1. The zero-order valence-corrected chi connectivity index (χ0v) is 14.2. The van der Waals surface area contributed by atoms with E-state index in [9.17, 15) is 0 Å². The number of thiophene rings is 1. The molecule has 0 aliphatic heterocycles. The van der Waals surface area contributed by atoms with Gasteiger partial charge in [-0.05, 0) is 11.4 Å². The molecule has 3 nitrogen and oxygen atoms in total. The highest BCUT2D eigenvalue weighted by molar-refractivity contribution is 7.21. The molecule has 0 aromatic carbocycles. The van der Waals surface area contributed by atoms with E-state index in [1.807, 2.05) is 0 Å². The van der Waals surface area contributed by atoms with Crippen LogP contribution < -0.4 is 5.32 Å². The summed E-state index contributed by atoms with van der Waals surface area (Å²) in [6, 6.07) is 4.22. The molecular weight excluding hydrogens is 288 g/mol. The molecule has 0 spiro atoms. The molecule has 110 valence electrons. The van der Waals surface area contributed by atoms with Gasteiger partial charge in [0.05, 0.1) is 17.2 Å². The number of thiazole rings is 1. The fourth-order valence-electron chi connectivity index (χ4n) is 1.94. The van der Waals surface area contributed by atoms with E-state index in [1.54, 1.807) is 29.8 Å². The molecule has 0 bridgehead atoms. The molecule has 0 aliphatic rings. The van der Waals surface area contributed by atoms with Crippen molar-refractivity contribution in [2.45, 2.75) is 32.7 Å². The second-order valence-electron chi connectivity index (χ2n) is 5.69. The Bertz CT molecular complexity index is 527. The average molecular weight is 310 g/mol. The predicted octanol–water partition coefficient (Wildman–Crippen LogP) is 3.91. The summed E-state index contributed by atoms with van der Waals surface area (Å²) in [6.07, 6.45) is 0. The molecule has 2 rings (SSSR count). The first kappa shape index (κ1) is 15.6. The summed E-state index contributed by atoms with van der Waals surface area (Å²) in [5.74, 6) is 0. The molecule has 0 aliphatic carbocycles. The molecule has 0 atom stereocenters. The Hall–Kier alpha value is -0.750. The minimum Gasteiger partial charge on any atom is -0.383 e. The molecule has 0 saturated heterocycles. The number of rotatable bonds is 6. The van der Waals surface area contributed by atoms with E-state index in [1.165, 1.54) is 15.4 Å². The Morgan fingerprint density at radius 1 is 1.35 bits per heavy atom. The van der Waals surface area contributed by atoms with Crippen molar-refractivity contribution in [2.75, 3.05) is 20.3 Å². The van der Waals surface area contributed by atoms with Gasteiger partial charge in [-0.2, -0.15) is 0 Å². The number of methoxy groups -OCH3 is 1.